The summed E-state index contributed by atoms with van der Waals surface area (Å²) in [6, 6.07) is 7.98. The van der Waals surface area contributed by atoms with Crippen molar-refractivity contribution in [3.63, 3.8) is 0 Å². The highest BCUT2D eigenvalue weighted by Crippen LogP contribution is 2.16. The molecule has 0 unspecified atom stereocenters. The maximum Gasteiger partial charge on any atom is 0.226 e. The van der Waals surface area contributed by atoms with Crippen LogP contribution in [0.25, 0.3) is 0 Å². The Bertz CT molecular complexity index is 321. The van der Waals surface area contributed by atoms with Crippen molar-refractivity contribution in [1.82, 2.24) is 0 Å². The zero-order valence-electron chi connectivity index (χ0n) is 9.16. The molecule has 15 heavy (non-hydrogen) atoms. The molecule has 0 fully saturated rings. The van der Waals surface area contributed by atoms with Gasteiger partial charge in [-0.25, -0.2) is 0 Å². The lowest BCUT2D eigenvalue weighted by Crippen LogP contribution is -2.25. The Morgan fingerprint density at radius 2 is 1.93 bits per heavy atom. The predicted octanol–water partition coefficient (Wildman–Crippen LogP) is 3.44. The molecule has 0 saturated heterocycles. The van der Waals surface area contributed by atoms with Crippen LogP contribution in [0.5, 0.6) is 0 Å². The fourth-order valence-electron chi connectivity index (χ4n) is 1.30. The number of nitrogens with zero attached hydrogens (tertiary/aromatic N) is 1. The van der Waals surface area contributed by atoms with Crippen LogP contribution in [-0.2, 0) is 4.79 Å². The fraction of sp³-hybridized carbons (Fsp3) is 0.417. The smallest absolute Gasteiger partial charge is 0.226 e. The first-order valence-corrected chi connectivity index (χ1v) is 6.25. The van der Waals surface area contributed by atoms with Crippen molar-refractivity contribution >= 4 is 34.2 Å². The van der Waals surface area contributed by atoms with E-state index < -0.39 is 0 Å². The number of hydrogen-bond acceptors (Lipinski definition) is 1. The summed E-state index contributed by atoms with van der Waals surface area (Å²) in [6.45, 7) is 2.10. The average Bonchev–Trinajstić information content (AvgIpc) is 2.26. The lowest BCUT2D eigenvalue weighted by molar-refractivity contribution is -0.118. The molecule has 0 aliphatic heterocycles. The number of carbonyl (C=O) groups is 1. The SMILES string of the molecule is CCCCC(=O)N(C)c1ccc(I)cc1. The standard InChI is InChI=1S/C12H16INO/c1-3-4-5-12(15)14(2)11-8-6-10(13)7-9-11/h6-9H,3-5H2,1-2H3. The third kappa shape index (κ3) is 3.81. The van der Waals surface area contributed by atoms with Crippen LogP contribution in [0.1, 0.15) is 26.2 Å². The van der Waals surface area contributed by atoms with Crippen LogP contribution < -0.4 is 4.90 Å². The minimum atomic E-state index is 0.193. The predicted molar refractivity (Wildman–Crippen MR) is 72.1 cm³/mol. The van der Waals surface area contributed by atoms with Crippen molar-refractivity contribution in [2.24, 2.45) is 0 Å². The Balaban J connectivity index is 2.63. The highest BCUT2D eigenvalue weighted by Gasteiger charge is 2.09. The van der Waals surface area contributed by atoms with Crippen LogP contribution >= 0.6 is 22.6 Å². The molecule has 0 aliphatic rings. The molecule has 0 radical (unpaired) electrons. The Hall–Kier alpha value is -0.580. The molecule has 1 aromatic rings. The third-order valence-corrected chi connectivity index (χ3v) is 3.05. The maximum absolute atomic E-state index is 11.7. The number of unbranched alkanes of at least 4 members (excludes halogenated alkanes) is 1. The van der Waals surface area contributed by atoms with E-state index in [1.807, 2.05) is 31.3 Å². The van der Waals surface area contributed by atoms with Crippen molar-refractivity contribution in [2.45, 2.75) is 26.2 Å². The molecule has 3 heteroatoms. The maximum atomic E-state index is 11.7. The van der Waals surface area contributed by atoms with Gasteiger partial charge in [-0.2, -0.15) is 0 Å². The second kappa shape index (κ2) is 6.10. The van der Waals surface area contributed by atoms with Gasteiger partial charge in [-0.15, -0.1) is 0 Å². The first-order chi connectivity index (χ1) is 7.15. The van der Waals surface area contributed by atoms with E-state index in [0.717, 1.165) is 18.5 Å². The molecule has 1 rings (SSSR count). The zero-order valence-corrected chi connectivity index (χ0v) is 11.3. The number of hydrogen-bond donors (Lipinski definition) is 0. The van der Waals surface area contributed by atoms with E-state index in [4.69, 9.17) is 0 Å². The molecule has 0 aromatic heterocycles. The second-order valence-corrected chi connectivity index (χ2v) is 4.78. The van der Waals surface area contributed by atoms with Gasteiger partial charge in [0, 0.05) is 22.7 Å². The van der Waals surface area contributed by atoms with Gasteiger partial charge in [0.05, 0.1) is 0 Å². The fourth-order valence-corrected chi connectivity index (χ4v) is 1.66. The Labute approximate surface area is 105 Å². The van der Waals surface area contributed by atoms with Gasteiger partial charge < -0.3 is 4.90 Å². The average molecular weight is 317 g/mol. The minimum absolute atomic E-state index is 0.193. The lowest BCUT2D eigenvalue weighted by Gasteiger charge is -2.17. The quantitative estimate of drug-likeness (QED) is 0.779. The molecule has 0 spiro atoms. The summed E-state index contributed by atoms with van der Waals surface area (Å²) >= 11 is 2.26. The van der Waals surface area contributed by atoms with Crippen LogP contribution in [0.3, 0.4) is 0 Å². The molecule has 0 saturated carbocycles. The topological polar surface area (TPSA) is 20.3 Å². The lowest BCUT2D eigenvalue weighted by atomic mass is 10.2. The molecule has 0 N–H and O–H groups in total. The molecule has 0 heterocycles. The number of halogens is 1. The van der Waals surface area contributed by atoms with E-state index in [1.165, 1.54) is 3.57 Å². The second-order valence-electron chi connectivity index (χ2n) is 3.53. The van der Waals surface area contributed by atoms with E-state index in [1.54, 1.807) is 4.90 Å². The highest BCUT2D eigenvalue weighted by molar-refractivity contribution is 14.1. The summed E-state index contributed by atoms with van der Waals surface area (Å²) < 4.78 is 1.19. The van der Waals surface area contributed by atoms with Crippen LogP contribution in [0.4, 0.5) is 5.69 Å². The Kier molecular flexibility index (Phi) is 5.08. The number of carbonyl (C=O) groups excluding carboxylic acids is 1. The molecule has 1 aromatic carbocycles. The highest BCUT2D eigenvalue weighted by atomic mass is 127. The van der Waals surface area contributed by atoms with Crippen LogP contribution in [0, 0.1) is 3.57 Å². The van der Waals surface area contributed by atoms with Gasteiger partial charge in [0.15, 0.2) is 0 Å². The Morgan fingerprint density at radius 1 is 1.33 bits per heavy atom. The molecule has 0 aliphatic carbocycles. The monoisotopic (exact) mass is 317 g/mol. The van der Waals surface area contributed by atoms with Gasteiger partial charge in [-0.1, -0.05) is 13.3 Å². The molecular formula is C12H16INO. The number of anilines is 1. The number of rotatable bonds is 4. The summed E-state index contributed by atoms with van der Waals surface area (Å²) in [6.07, 6.45) is 2.67. The summed E-state index contributed by atoms with van der Waals surface area (Å²) in [5.41, 5.74) is 0.969. The van der Waals surface area contributed by atoms with Crippen LogP contribution in [0.2, 0.25) is 0 Å². The normalized spacial score (nSPS) is 10.1. The molecule has 82 valence electrons. The third-order valence-electron chi connectivity index (χ3n) is 2.33. The van der Waals surface area contributed by atoms with Gasteiger partial charge in [-0.05, 0) is 53.3 Å². The molecule has 2 nitrogen and oxygen atoms in total. The molecule has 0 atom stereocenters. The van der Waals surface area contributed by atoms with Gasteiger partial charge in [0.2, 0.25) is 5.91 Å². The van der Waals surface area contributed by atoms with Gasteiger partial charge >= 0.3 is 0 Å². The van der Waals surface area contributed by atoms with Crippen LogP contribution in [0.15, 0.2) is 24.3 Å². The van der Waals surface area contributed by atoms with Gasteiger partial charge in [0.25, 0.3) is 0 Å². The largest absolute Gasteiger partial charge is 0.316 e. The molecule has 0 bridgehead atoms. The van der Waals surface area contributed by atoms with E-state index >= 15 is 0 Å². The summed E-state index contributed by atoms with van der Waals surface area (Å²) in [5.74, 6) is 0.193. The van der Waals surface area contributed by atoms with Crippen molar-refractivity contribution in [3.05, 3.63) is 27.8 Å². The summed E-state index contributed by atoms with van der Waals surface area (Å²) in [4.78, 5) is 13.4. The van der Waals surface area contributed by atoms with Crippen molar-refractivity contribution in [2.75, 3.05) is 11.9 Å². The minimum Gasteiger partial charge on any atom is -0.316 e. The molecule has 1 amide bonds. The van der Waals surface area contributed by atoms with Crippen molar-refractivity contribution in [3.8, 4) is 0 Å². The first-order valence-electron chi connectivity index (χ1n) is 5.17. The number of amides is 1. The summed E-state index contributed by atoms with van der Waals surface area (Å²) in [5, 5.41) is 0. The van der Waals surface area contributed by atoms with Crippen molar-refractivity contribution < 1.29 is 4.79 Å². The van der Waals surface area contributed by atoms with E-state index in [9.17, 15) is 4.79 Å². The first kappa shape index (κ1) is 12.5. The Morgan fingerprint density at radius 3 is 2.47 bits per heavy atom. The van der Waals surface area contributed by atoms with Crippen molar-refractivity contribution in [1.29, 1.82) is 0 Å². The van der Waals surface area contributed by atoms with Gasteiger partial charge in [0.1, 0.15) is 0 Å². The molecular weight excluding hydrogens is 301 g/mol. The number of benzene rings is 1. The van der Waals surface area contributed by atoms with E-state index in [0.29, 0.717) is 6.42 Å². The van der Waals surface area contributed by atoms with Crippen LogP contribution in [-0.4, -0.2) is 13.0 Å². The summed E-state index contributed by atoms with van der Waals surface area (Å²) in [7, 11) is 1.83. The van der Waals surface area contributed by atoms with E-state index in [2.05, 4.69) is 29.5 Å². The zero-order chi connectivity index (χ0) is 11.3. The van der Waals surface area contributed by atoms with E-state index in [-0.39, 0.29) is 5.91 Å². The van der Waals surface area contributed by atoms with Gasteiger partial charge in [-0.3, -0.25) is 4.79 Å².